The van der Waals surface area contributed by atoms with Crippen LogP contribution < -0.4 is 16.4 Å². The van der Waals surface area contributed by atoms with Crippen LogP contribution in [0, 0.1) is 5.92 Å². The summed E-state index contributed by atoms with van der Waals surface area (Å²) in [6, 6.07) is 14.8. The number of hydrogen-bond donors (Lipinski definition) is 3. The minimum absolute atomic E-state index is 0.00378. The van der Waals surface area contributed by atoms with Gasteiger partial charge in [0.2, 0.25) is 5.91 Å². The average Bonchev–Trinajstić information content (AvgIpc) is 3.49. The lowest BCUT2D eigenvalue weighted by Crippen LogP contribution is -2.53. The number of nitrogens with one attached hydrogen (secondary N) is 2. The lowest BCUT2D eigenvalue weighted by Gasteiger charge is -2.32. The Bertz CT molecular complexity index is 1290. The Kier molecular flexibility index (Phi) is 12.5. The van der Waals surface area contributed by atoms with Crippen molar-refractivity contribution in [2.45, 2.75) is 70.1 Å². The van der Waals surface area contributed by atoms with Gasteiger partial charge in [-0.1, -0.05) is 74.5 Å². The summed E-state index contributed by atoms with van der Waals surface area (Å²) in [5.41, 5.74) is 9.05. The molecule has 0 fully saturated rings. The van der Waals surface area contributed by atoms with Crippen LogP contribution in [0.15, 0.2) is 72.4 Å². The van der Waals surface area contributed by atoms with E-state index in [-0.39, 0.29) is 31.8 Å². The van der Waals surface area contributed by atoms with Crippen LogP contribution in [0.2, 0.25) is 0 Å². The fourth-order valence-electron chi connectivity index (χ4n) is 4.26. The molecule has 1 heterocycles. The van der Waals surface area contributed by atoms with Crippen LogP contribution in [0.5, 0.6) is 0 Å². The topological polar surface area (TPSA) is 133 Å². The highest BCUT2D eigenvalue weighted by Crippen LogP contribution is 2.23. The van der Waals surface area contributed by atoms with Crippen molar-refractivity contribution in [3.63, 3.8) is 0 Å². The molecular formula is C30H35F3N4O5S. The van der Waals surface area contributed by atoms with E-state index in [0.29, 0.717) is 10.4 Å². The number of amides is 2. The number of carbonyl (C=O) groups is 3. The van der Waals surface area contributed by atoms with Crippen molar-refractivity contribution in [3.8, 4) is 0 Å². The molecule has 0 saturated carbocycles. The molecule has 0 saturated heterocycles. The molecule has 43 heavy (non-hydrogen) atoms. The number of halogens is 3. The second-order valence-corrected chi connectivity index (χ2v) is 11.3. The van der Waals surface area contributed by atoms with Gasteiger partial charge in [-0.3, -0.25) is 9.78 Å². The smallest absolute Gasteiger partial charge is 0.453 e. The molecule has 0 aliphatic carbocycles. The normalized spacial score (nSPS) is 14.3. The van der Waals surface area contributed by atoms with Gasteiger partial charge in [0.15, 0.2) is 0 Å². The number of nitrogens with two attached hydrogens (primary N) is 1. The Labute approximate surface area is 252 Å². The maximum Gasteiger partial charge on any atom is 0.490 e. The molecule has 1 aromatic heterocycles. The first-order valence-electron chi connectivity index (χ1n) is 13.6. The summed E-state index contributed by atoms with van der Waals surface area (Å²) in [4.78, 5) is 42.5. The highest BCUT2D eigenvalue weighted by atomic mass is 32.1. The highest BCUT2D eigenvalue weighted by molar-refractivity contribution is 7.09. The van der Waals surface area contributed by atoms with Crippen LogP contribution in [-0.2, 0) is 38.5 Å². The molecule has 4 atom stereocenters. The van der Waals surface area contributed by atoms with E-state index in [4.69, 9.17) is 15.2 Å². The number of aromatic nitrogens is 1. The van der Waals surface area contributed by atoms with E-state index in [1.807, 2.05) is 0 Å². The van der Waals surface area contributed by atoms with E-state index < -0.39 is 48.4 Å². The number of esters is 1. The SMILES string of the molecule is CC(C)C(N)C(=O)N[C@@H](Cc1ccccc1)C[C@H](OC(=O)C(F)(F)F)[C@H](Cc1ccccc1)NC(=O)OCc1cncs1. The number of thiazole rings is 1. The van der Waals surface area contributed by atoms with Gasteiger partial charge in [-0.05, 0) is 29.9 Å². The Morgan fingerprint density at radius 2 is 1.56 bits per heavy atom. The summed E-state index contributed by atoms with van der Waals surface area (Å²) >= 11 is 1.26. The predicted molar refractivity (Wildman–Crippen MR) is 155 cm³/mol. The highest BCUT2D eigenvalue weighted by Gasteiger charge is 2.44. The van der Waals surface area contributed by atoms with Gasteiger partial charge in [0.25, 0.3) is 0 Å². The molecule has 3 rings (SSSR count). The Balaban J connectivity index is 1.94. The minimum Gasteiger partial charge on any atom is -0.453 e. The van der Waals surface area contributed by atoms with Crippen molar-refractivity contribution in [3.05, 3.63) is 88.4 Å². The number of hydrogen-bond acceptors (Lipinski definition) is 8. The summed E-state index contributed by atoms with van der Waals surface area (Å²) in [5, 5.41) is 5.41. The molecule has 9 nitrogen and oxygen atoms in total. The maximum absolute atomic E-state index is 13.5. The molecule has 4 N–H and O–H groups in total. The van der Waals surface area contributed by atoms with Crippen LogP contribution in [0.1, 0.15) is 36.3 Å². The van der Waals surface area contributed by atoms with E-state index in [2.05, 4.69) is 15.6 Å². The third-order valence-corrected chi connectivity index (χ3v) is 7.33. The molecule has 0 spiro atoms. The van der Waals surface area contributed by atoms with Gasteiger partial charge in [0, 0.05) is 18.7 Å². The first-order chi connectivity index (χ1) is 20.4. The number of ether oxygens (including phenoxy) is 2. The average molecular weight is 621 g/mol. The van der Waals surface area contributed by atoms with E-state index in [1.54, 1.807) is 80.0 Å². The molecule has 0 radical (unpaired) electrons. The first kappa shape index (κ1) is 33.5. The van der Waals surface area contributed by atoms with Crippen molar-refractivity contribution < 1.29 is 37.0 Å². The standard InChI is InChI=1S/C30H35F3N4O5S/c1-19(2)26(34)27(38)36-22(13-20-9-5-3-6-10-20)15-25(42-28(39)30(31,32)33)24(14-21-11-7-4-8-12-21)37-29(40)41-17-23-16-35-18-43-23/h3-12,16,18-19,22,24-26H,13-15,17,34H2,1-2H3,(H,36,38)(H,37,40)/t22-,24-,25-,26?/m0/s1. The zero-order chi connectivity index (χ0) is 31.4. The molecule has 1 unspecified atom stereocenters. The van der Waals surface area contributed by atoms with Crippen molar-refractivity contribution >= 4 is 29.3 Å². The third-order valence-electron chi connectivity index (χ3n) is 6.58. The number of alkyl halides is 3. The fraction of sp³-hybridized carbons (Fsp3) is 0.400. The van der Waals surface area contributed by atoms with E-state index in [9.17, 15) is 27.6 Å². The molecule has 2 aromatic carbocycles. The maximum atomic E-state index is 13.5. The Morgan fingerprint density at radius 1 is 0.953 bits per heavy atom. The Hall–Kier alpha value is -3.97. The van der Waals surface area contributed by atoms with Crippen molar-refractivity contribution in [2.24, 2.45) is 11.7 Å². The summed E-state index contributed by atoms with van der Waals surface area (Å²) in [5.74, 6) is -3.13. The molecule has 0 bridgehead atoms. The van der Waals surface area contributed by atoms with Gasteiger partial charge in [-0.25, -0.2) is 9.59 Å². The second-order valence-electron chi connectivity index (χ2n) is 10.3. The minimum atomic E-state index is -5.29. The van der Waals surface area contributed by atoms with Crippen LogP contribution >= 0.6 is 11.3 Å². The largest absolute Gasteiger partial charge is 0.490 e. The van der Waals surface area contributed by atoms with Gasteiger partial charge in [-0.15, -0.1) is 11.3 Å². The summed E-state index contributed by atoms with van der Waals surface area (Å²) in [7, 11) is 0. The van der Waals surface area contributed by atoms with Crippen LogP contribution in [0.25, 0.3) is 0 Å². The van der Waals surface area contributed by atoms with Gasteiger partial charge >= 0.3 is 18.2 Å². The molecule has 2 amide bonds. The third kappa shape index (κ3) is 11.3. The molecule has 0 aliphatic heterocycles. The Morgan fingerprint density at radius 3 is 2.09 bits per heavy atom. The molecule has 232 valence electrons. The van der Waals surface area contributed by atoms with Gasteiger partial charge < -0.3 is 25.8 Å². The monoisotopic (exact) mass is 620 g/mol. The van der Waals surface area contributed by atoms with Crippen LogP contribution in [-0.4, -0.2) is 53.4 Å². The zero-order valence-electron chi connectivity index (χ0n) is 23.8. The lowest BCUT2D eigenvalue weighted by molar-refractivity contribution is -0.206. The van der Waals surface area contributed by atoms with Crippen molar-refractivity contribution in [2.75, 3.05) is 0 Å². The summed E-state index contributed by atoms with van der Waals surface area (Å²) < 4.78 is 50.7. The zero-order valence-corrected chi connectivity index (χ0v) is 24.6. The van der Waals surface area contributed by atoms with E-state index in [0.717, 1.165) is 5.56 Å². The molecule has 13 heteroatoms. The van der Waals surface area contributed by atoms with Gasteiger partial charge in [-0.2, -0.15) is 13.2 Å². The number of nitrogens with zero attached hydrogens (tertiary/aromatic N) is 1. The van der Waals surface area contributed by atoms with E-state index in [1.165, 1.54) is 17.5 Å². The summed E-state index contributed by atoms with van der Waals surface area (Å²) in [6.07, 6.45) is -6.27. The molecule has 0 aliphatic rings. The molecular weight excluding hydrogens is 585 g/mol. The van der Waals surface area contributed by atoms with Gasteiger partial charge in [0.1, 0.15) is 12.7 Å². The predicted octanol–water partition coefficient (Wildman–Crippen LogP) is 4.56. The second kappa shape index (κ2) is 16.0. The lowest BCUT2D eigenvalue weighted by atomic mass is 9.93. The first-order valence-corrected chi connectivity index (χ1v) is 14.5. The van der Waals surface area contributed by atoms with Crippen LogP contribution in [0.3, 0.4) is 0 Å². The van der Waals surface area contributed by atoms with Gasteiger partial charge in [0.05, 0.1) is 22.5 Å². The van der Waals surface area contributed by atoms with Crippen LogP contribution in [0.4, 0.5) is 18.0 Å². The molecule has 3 aromatic rings. The van der Waals surface area contributed by atoms with Crippen molar-refractivity contribution in [1.82, 2.24) is 15.6 Å². The van der Waals surface area contributed by atoms with E-state index >= 15 is 0 Å². The summed E-state index contributed by atoms with van der Waals surface area (Å²) in [6.45, 7) is 3.42. The number of alkyl carbamates (subject to hydrolysis) is 1. The fourth-order valence-corrected chi connectivity index (χ4v) is 4.76. The number of rotatable bonds is 14. The number of benzene rings is 2. The number of carbonyl (C=O) groups excluding carboxylic acids is 3. The van der Waals surface area contributed by atoms with Crippen molar-refractivity contribution in [1.29, 1.82) is 0 Å². The quantitative estimate of drug-likeness (QED) is 0.225.